The topological polar surface area (TPSA) is 58.2 Å². The van der Waals surface area contributed by atoms with Crippen LogP contribution in [0.4, 0.5) is 10.5 Å². The Morgan fingerprint density at radius 2 is 1.82 bits per heavy atom. The second kappa shape index (κ2) is 6.68. The SMILES string of the molecule is CCCCNC(=O)Nc1ccc(C(C)=O)cc1. The number of rotatable bonds is 5. The van der Waals surface area contributed by atoms with Crippen molar-refractivity contribution in [1.82, 2.24) is 5.32 Å². The third-order valence-corrected chi connectivity index (χ3v) is 2.37. The van der Waals surface area contributed by atoms with Crippen molar-refractivity contribution in [3.05, 3.63) is 29.8 Å². The monoisotopic (exact) mass is 234 g/mol. The van der Waals surface area contributed by atoms with Crippen molar-refractivity contribution < 1.29 is 9.59 Å². The molecule has 0 bridgehead atoms. The van der Waals surface area contributed by atoms with E-state index in [0.717, 1.165) is 12.8 Å². The molecule has 17 heavy (non-hydrogen) atoms. The molecule has 0 aromatic heterocycles. The summed E-state index contributed by atoms with van der Waals surface area (Å²) in [7, 11) is 0. The number of Topliss-reactive ketones (excluding diaryl/α,β-unsaturated/α-hetero) is 1. The lowest BCUT2D eigenvalue weighted by molar-refractivity contribution is 0.101. The number of amides is 2. The van der Waals surface area contributed by atoms with E-state index in [1.807, 2.05) is 0 Å². The van der Waals surface area contributed by atoms with Gasteiger partial charge >= 0.3 is 6.03 Å². The fourth-order valence-corrected chi connectivity index (χ4v) is 1.34. The third-order valence-electron chi connectivity index (χ3n) is 2.37. The Balaban J connectivity index is 2.46. The fraction of sp³-hybridized carbons (Fsp3) is 0.385. The maximum Gasteiger partial charge on any atom is 0.319 e. The van der Waals surface area contributed by atoms with Crippen molar-refractivity contribution in [3.8, 4) is 0 Å². The summed E-state index contributed by atoms with van der Waals surface area (Å²) in [5.41, 5.74) is 1.32. The molecule has 2 amide bonds. The molecule has 92 valence electrons. The molecule has 0 fully saturated rings. The molecule has 0 aliphatic heterocycles. The summed E-state index contributed by atoms with van der Waals surface area (Å²) >= 11 is 0. The van der Waals surface area contributed by atoms with Gasteiger partial charge in [-0.15, -0.1) is 0 Å². The van der Waals surface area contributed by atoms with Gasteiger partial charge in [-0.05, 0) is 37.6 Å². The molecule has 4 heteroatoms. The summed E-state index contributed by atoms with van der Waals surface area (Å²) in [5.74, 6) is 0.0175. The molecule has 1 aromatic carbocycles. The molecule has 0 aliphatic carbocycles. The number of nitrogens with one attached hydrogen (secondary N) is 2. The van der Waals surface area contributed by atoms with Gasteiger partial charge in [-0.3, -0.25) is 4.79 Å². The molecule has 0 saturated carbocycles. The molecule has 0 saturated heterocycles. The van der Waals surface area contributed by atoms with Crippen molar-refractivity contribution in [2.75, 3.05) is 11.9 Å². The quantitative estimate of drug-likeness (QED) is 0.608. The lowest BCUT2D eigenvalue weighted by Crippen LogP contribution is -2.29. The third kappa shape index (κ3) is 4.68. The Kier molecular flexibility index (Phi) is 5.20. The van der Waals surface area contributed by atoms with Crippen molar-refractivity contribution in [2.45, 2.75) is 26.7 Å². The highest BCUT2D eigenvalue weighted by Gasteiger charge is 2.02. The van der Waals surface area contributed by atoms with E-state index in [9.17, 15) is 9.59 Å². The highest BCUT2D eigenvalue weighted by atomic mass is 16.2. The first-order chi connectivity index (χ1) is 8.13. The summed E-state index contributed by atoms with van der Waals surface area (Å²) in [6.45, 7) is 4.26. The highest BCUT2D eigenvalue weighted by Crippen LogP contribution is 2.09. The van der Waals surface area contributed by atoms with Crippen molar-refractivity contribution in [3.63, 3.8) is 0 Å². The number of ketones is 1. The first kappa shape index (κ1) is 13.2. The molecule has 1 aromatic rings. The second-order valence-corrected chi connectivity index (χ2v) is 3.87. The summed E-state index contributed by atoms with van der Waals surface area (Å²) in [5, 5.41) is 5.46. The number of benzene rings is 1. The van der Waals surface area contributed by atoms with Crippen molar-refractivity contribution in [2.24, 2.45) is 0 Å². The molecule has 0 aliphatic rings. The van der Waals surface area contributed by atoms with E-state index in [-0.39, 0.29) is 11.8 Å². The predicted molar refractivity (Wildman–Crippen MR) is 68.4 cm³/mol. The minimum absolute atomic E-state index is 0.0175. The number of hydrogen-bond donors (Lipinski definition) is 2. The first-order valence-corrected chi connectivity index (χ1v) is 5.79. The molecule has 0 atom stereocenters. The molecule has 0 spiro atoms. The Labute approximate surface area is 101 Å². The molecule has 0 unspecified atom stereocenters. The van der Waals surface area contributed by atoms with Gasteiger partial charge in [-0.25, -0.2) is 4.79 Å². The first-order valence-electron chi connectivity index (χ1n) is 5.79. The largest absolute Gasteiger partial charge is 0.338 e. The molecule has 1 rings (SSSR count). The maximum atomic E-state index is 11.4. The Hall–Kier alpha value is -1.84. The number of unbranched alkanes of at least 4 members (excludes halogenated alkanes) is 1. The van der Waals surface area contributed by atoms with E-state index >= 15 is 0 Å². The zero-order chi connectivity index (χ0) is 12.7. The molecular weight excluding hydrogens is 216 g/mol. The van der Waals surface area contributed by atoms with E-state index in [4.69, 9.17) is 0 Å². The van der Waals surface area contributed by atoms with Crippen LogP contribution in [0.25, 0.3) is 0 Å². The number of anilines is 1. The predicted octanol–water partition coefficient (Wildman–Crippen LogP) is 2.81. The van der Waals surface area contributed by atoms with E-state index in [2.05, 4.69) is 17.6 Å². The maximum absolute atomic E-state index is 11.4. The van der Waals surface area contributed by atoms with Gasteiger partial charge in [0, 0.05) is 17.8 Å². The van der Waals surface area contributed by atoms with Crippen LogP contribution in [-0.2, 0) is 0 Å². The Morgan fingerprint density at radius 3 is 2.35 bits per heavy atom. The van der Waals surface area contributed by atoms with Gasteiger partial charge in [0.25, 0.3) is 0 Å². The number of hydrogen-bond acceptors (Lipinski definition) is 2. The van der Waals surface area contributed by atoms with Crippen LogP contribution in [0.2, 0.25) is 0 Å². The molecule has 0 radical (unpaired) electrons. The minimum Gasteiger partial charge on any atom is -0.338 e. The van der Waals surface area contributed by atoms with Crippen molar-refractivity contribution in [1.29, 1.82) is 0 Å². The van der Waals surface area contributed by atoms with Gasteiger partial charge in [-0.1, -0.05) is 13.3 Å². The number of carbonyl (C=O) groups is 2. The van der Waals surface area contributed by atoms with Gasteiger partial charge in [-0.2, -0.15) is 0 Å². The smallest absolute Gasteiger partial charge is 0.319 e. The number of urea groups is 1. The Morgan fingerprint density at radius 1 is 1.18 bits per heavy atom. The second-order valence-electron chi connectivity index (χ2n) is 3.87. The number of carbonyl (C=O) groups excluding carboxylic acids is 2. The molecular formula is C13H18N2O2. The van der Waals surface area contributed by atoms with E-state index in [1.165, 1.54) is 6.92 Å². The van der Waals surface area contributed by atoms with Crippen molar-refractivity contribution >= 4 is 17.5 Å². The van der Waals surface area contributed by atoms with Crippen LogP contribution >= 0.6 is 0 Å². The van der Waals surface area contributed by atoms with Gasteiger partial charge in [0.15, 0.2) is 5.78 Å². The lowest BCUT2D eigenvalue weighted by atomic mass is 10.1. The summed E-state index contributed by atoms with van der Waals surface area (Å²) < 4.78 is 0. The molecule has 2 N–H and O–H groups in total. The van der Waals surface area contributed by atoms with Crippen LogP contribution in [0.3, 0.4) is 0 Å². The zero-order valence-electron chi connectivity index (χ0n) is 10.2. The van der Waals surface area contributed by atoms with Crippen LogP contribution in [0.1, 0.15) is 37.0 Å². The highest BCUT2D eigenvalue weighted by molar-refractivity contribution is 5.95. The van der Waals surface area contributed by atoms with Crippen LogP contribution in [0.5, 0.6) is 0 Å². The van der Waals surface area contributed by atoms with Gasteiger partial charge in [0.2, 0.25) is 0 Å². The average Bonchev–Trinajstić information content (AvgIpc) is 2.30. The minimum atomic E-state index is -0.214. The van der Waals surface area contributed by atoms with Crippen LogP contribution in [0.15, 0.2) is 24.3 Å². The lowest BCUT2D eigenvalue weighted by Gasteiger charge is -2.07. The normalized spacial score (nSPS) is 9.76. The van der Waals surface area contributed by atoms with Gasteiger partial charge in [0.1, 0.15) is 0 Å². The molecule has 0 heterocycles. The van der Waals surface area contributed by atoms with Gasteiger partial charge in [0.05, 0.1) is 0 Å². The van der Waals surface area contributed by atoms with Crippen LogP contribution in [0, 0.1) is 0 Å². The van der Waals surface area contributed by atoms with Gasteiger partial charge < -0.3 is 10.6 Å². The fourth-order valence-electron chi connectivity index (χ4n) is 1.34. The van der Waals surface area contributed by atoms with Crippen LogP contribution in [-0.4, -0.2) is 18.4 Å². The molecule has 4 nitrogen and oxygen atoms in total. The standard InChI is InChI=1S/C13H18N2O2/c1-3-4-9-14-13(17)15-12-7-5-11(6-8-12)10(2)16/h5-8H,3-4,9H2,1-2H3,(H2,14,15,17). The van der Waals surface area contributed by atoms with Crippen LogP contribution < -0.4 is 10.6 Å². The van der Waals surface area contributed by atoms with E-state index < -0.39 is 0 Å². The summed E-state index contributed by atoms with van der Waals surface area (Å²) in [6.07, 6.45) is 2.02. The van der Waals surface area contributed by atoms with E-state index in [1.54, 1.807) is 24.3 Å². The summed E-state index contributed by atoms with van der Waals surface area (Å²) in [6, 6.07) is 6.62. The summed E-state index contributed by atoms with van der Waals surface area (Å²) in [4.78, 5) is 22.5. The zero-order valence-corrected chi connectivity index (χ0v) is 10.2. The average molecular weight is 234 g/mol. The van der Waals surface area contributed by atoms with E-state index in [0.29, 0.717) is 17.8 Å². The Bertz CT molecular complexity index is 385.